The fourth-order valence-corrected chi connectivity index (χ4v) is 6.11. The third-order valence-corrected chi connectivity index (χ3v) is 7.52. The predicted molar refractivity (Wildman–Crippen MR) is 126 cm³/mol. The molecule has 2 heterocycles. The number of aromatic nitrogens is 1. The molecular formula is C26H31N3S. The normalized spacial score (nSPS) is 20.1. The van der Waals surface area contributed by atoms with Crippen LogP contribution in [0.3, 0.4) is 0 Å². The lowest BCUT2D eigenvalue weighted by Crippen LogP contribution is -2.49. The third kappa shape index (κ3) is 4.45. The summed E-state index contributed by atoms with van der Waals surface area (Å²) >= 11 is 1.79. The molecule has 2 aromatic carbocycles. The van der Waals surface area contributed by atoms with Crippen molar-refractivity contribution in [2.75, 3.05) is 11.4 Å². The van der Waals surface area contributed by atoms with Gasteiger partial charge in [-0.2, -0.15) is 0 Å². The van der Waals surface area contributed by atoms with Crippen molar-refractivity contribution in [2.45, 2.75) is 63.1 Å². The molecule has 156 valence electrons. The molecule has 1 fully saturated rings. The molecule has 0 amide bonds. The van der Waals surface area contributed by atoms with Crippen LogP contribution in [0.2, 0.25) is 0 Å². The van der Waals surface area contributed by atoms with Crippen molar-refractivity contribution in [3.8, 4) is 0 Å². The van der Waals surface area contributed by atoms with Gasteiger partial charge in [-0.1, -0.05) is 61.0 Å². The number of nitrogens with zero attached hydrogens (tertiary/aromatic N) is 2. The number of benzene rings is 2. The Bertz CT molecular complexity index is 893. The summed E-state index contributed by atoms with van der Waals surface area (Å²) in [5, 5.41) is 7.11. The van der Waals surface area contributed by atoms with Crippen molar-refractivity contribution < 1.29 is 0 Å². The van der Waals surface area contributed by atoms with Gasteiger partial charge in [0.2, 0.25) is 0 Å². The van der Waals surface area contributed by atoms with Gasteiger partial charge in [0, 0.05) is 29.7 Å². The zero-order chi connectivity index (χ0) is 20.2. The first-order chi connectivity index (χ1) is 14.9. The monoisotopic (exact) mass is 417 g/mol. The van der Waals surface area contributed by atoms with Crippen LogP contribution < -0.4 is 10.2 Å². The van der Waals surface area contributed by atoms with Gasteiger partial charge in [0.25, 0.3) is 0 Å². The first-order valence-electron chi connectivity index (χ1n) is 11.4. The first kappa shape index (κ1) is 19.8. The summed E-state index contributed by atoms with van der Waals surface area (Å²) < 4.78 is 0. The van der Waals surface area contributed by atoms with Crippen LogP contribution in [0.15, 0.2) is 66.2 Å². The van der Waals surface area contributed by atoms with Gasteiger partial charge < -0.3 is 10.2 Å². The van der Waals surface area contributed by atoms with Crippen molar-refractivity contribution in [2.24, 2.45) is 0 Å². The smallest absolute Gasteiger partial charge is 0.185 e. The minimum absolute atomic E-state index is 0.452. The molecule has 3 aromatic rings. The molecule has 0 spiro atoms. The molecule has 2 aliphatic rings. The van der Waals surface area contributed by atoms with E-state index in [-0.39, 0.29) is 0 Å². The molecule has 0 saturated carbocycles. The second-order valence-electron chi connectivity index (χ2n) is 8.78. The van der Waals surface area contributed by atoms with E-state index in [9.17, 15) is 0 Å². The summed E-state index contributed by atoms with van der Waals surface area (Å²) in [6.07, 6.45) is 10.4. The quantitative estimate of drug-likeness (QED) is 0.568. The van der Waals surface area contributed by atoms with Crippen LogP contribution in [0.5, 0.6) is 0 Å². The molecule has 1 aliphatic carbocycles. The Hall–Kier alpha value is -2.17. The number of piperidine rings is 1. The summed E-state index contributed by atoms with van der Waals surface area (Å²) in [6.45, 7) is 1.16. The first-order valence-corrected chi connectivity index (χ1v) is 12.3. The van der Waals surface area contributed by atoms with Gasteiger partial charge in [-0.3, -0.25) is 0 Å². The van der Waals surface area contributed by atoms with Crippen molar-refractivity contribution in [3.05, 3.63) is 82.9 Å². The minimum Gasteiger partial charge on any atom is -0.341 e. The molecule has 1 N–H and O–H groups in total. The minimum atomic E-state index is 0.452. The number of rotatable bonds is 7. The van der Waals surface area contributed by atoms with E-state index in [1.165, 1.54) is 47.5 Å². The van der Waals surface area contributed by atoms with Crippen molar-refractivity contribution in [1.29, 1.82) is 0 Å². The van der Waals surface area contributed by atoms with Gasteiger partial charge in [0.15, 0.2) is 5.13 Å². The maximum absolute atomic E-state index is 4.80. The van der Waals surface area contributed by atoms with Crippen LogP contribution >= 0.6 is 11.3 Å². The highest BCUT2D eigenvalue weighted by Gasteiger charge is 2.34. The molecule has 1 aliphatic heterocycles. The second kappa shape index (κ2) is 9.32. The molecule has 1 saturated heterocycles. The Labute approximate surface area is 184 Å². The average molecular weight is 418 g/mol. The molecule has 0 bridgehead atoms. The maximum atomic E-state index is 4.80. The van der Waals surface area contributed by atoms with E-state index in [1.807, 2.05) is 6.20 Å². The number of nitrogens with one attached hydrogen (secondary N) is 1. The molecule has 0 radical (unpaired) electrons. The number of hydrogen-bond donors (Lipinski definition) is 1. The maximum Gasteiger partial charge on any atom is 0.185 e. The van der Waals surface area contributed by atoms with Gasteiger partial charge in [-0.25, -0.2) is 4.98 Å². The molecule has 4 heteroatoms. The van der Waals surface area contributed by atoms with Gasteiger partial charge >= 0.3 is 0 Å². The largest absolute Gasteiger partial charge is 0.341 e. The SMILES string of the molecule is c1ccc(CC(CC2CCCCN2)N(c2nccs2)C2Cc3ccccc3C2)cc1. The highest BCUT2D eigenvalue weighted by molar-refractivity contribution is 7.13. The van der Waals surface area contributed by atoms with E-state index < -0.39 is 0 Å². The predicted octanol–water partition coefficient (Wildman–Crippen LogP) is 5.26. The zero-order valence-corrected chi connectivity index (χ0v) is 18.4. The zero-order valence-electron chi connectivity index (χ0n) is 17.5. The van der Waals surface area contributed by atoms with Crippen molar-refractivity contribution in [3.63, 3.8) is 0 Å². The Balaban J connectivity index is 1.45. The molecule has 30 heavy (non-hydrogen) atoms. The Morgan fingerprint density at radius 3 is 2.43 bits per heavy atom. The molecule has 2 atom stereocenters. The van der Waals surface area contributed by atoms with Crippen LogP contribution in [0.25, 0.3) is 0 Å². The van der Waals surface area contributed by atoms with Crippen LogP contribution in [0.4, 0.5) is 5.13 Å². The van der Waals surface area contributed by atoms with Crippen LogP contribution in [-0.4, -0.2) is 29.7 Å². The summed E-state index contributed by atoms with van der Waals surface area (Å²) in [5.74, 6) is 0. The fraction of sp³-hybridized carbons (Fsp3) is 0.423. The van der Waals surface area contributed by atoms with E-state index in [4.69, 9.17) is 4.98 Å². The average Bonchev–Trinajstić information content (AvgIpc) is 3.45. The summed E-state index contributed by atoms with van der Waals surface area (Å²) in [6, 6.07) is 21.6. The van der Waals surface area contributed by atoms with E-state index in [1.54, 1.807) is 11.3 Å². The van der Waals surface area contributed by atoms with Gasteiger partial charge in [-0.05, 0) is 61.8 Å². The number of hydrogen-bond acceptors (Lipinski definition) is 4. The summed E-state index contributed by atoms with van der Waals surface area (Å²) in [7, 11) is 0. The second-order valence-corrected chi connectivity index (χ2v) is 9.65. The molecule has 3 nitrogen and oxygen atoms in total. The van der Waals surface area contributed by atoms with E-state index >= 15 is 0 Å². The standard InChI is InChI=1S/C26H31N3S/c1-2-8-20(9-3-1)16-24(19-23-12-6-7-13-27-23)29(26-28-14-15-30-26)25-17-21-10-4-5-11-22(21)18-25/h1-5,8-11,14-15,23-25,27H,6-7,12-13,16-19H2. The van der Waals surface area contributed by atoms with E-state index in [0.717, 1.165) is 25.8 Å². The Kier molecular flexibility index (Phi) is 6.14. The third-order valence-electron chi connectivity index (χ3n) is 6.74. The lowest BCUT2D eigenvalue weighted by molar-refractivity contribution is 0.342. The molecule has 5 rings (SSSR count). The molecule has 1 aromatic heterocycles. The molecular weight excluding hydrogens is 386 g/mol. The van der Waals surface area contributed by atoms with Crippen molar-refractivity contribution >= 4 is 16.5 Å². The molecule has 2 unspecified atom stereocenters. The lowest BCUT2D eigenvalue weighted by Gasteiger charge is -2.39. The number of thiazole rings is 1. The van der Waals surface area contributed by atoms with Crippen LogP contribution in [0, 0.1) is 0 Å². The number of fused-ring (bicyclic) bond motifs is 1. The Morgan fingerprint density at radius 1 is 1.00 bits per heavy atom. The van der Waals surface area contributed by atoms with Crippen molar-refractivity contribution in [1.82, 2.24) is 10.3 Å². The summed E-state index contributed by atoms with van der Waals surface area (Å²) in [4.78, 5) is 7.49. The highest BCUT2D eigenvalue weighted by Crippen LogP contribution is 2.34. The van der Waals surface area contributed by atoms with Gasteiger partial charge in [0.1, 0.15) is 0 Å². The van der Waals surface area contributed by atoms with E-state index in [2.05, 4.69) is 70.2 Å². The lowest BCUT2D eigenvalue weighted by atomic mass is 9.92. The fourth-order valence-electron chi connectivity index (χ4n) is 5.32. The Morgan fingerprint density at radius 2 is 1.77 bits per heavy atom. The van der Waals surface area contributed by atoms with Crippen LogP contribution in [-0.2, 0) is 19.3 Å². The van der Waals surface area contributed by atoms with E-state index in [0.29, 0.717) is 18.1 Å². The summed E-state index contributed by atoms with van der Waals surface area (Å²) in [5.41, 5.74) is 4.45. The number of anilines is 1. The highest BCUT2D eigenvalue weighted by atomic mass is 32.1. The van der Waals surface area contributed by atoms with Gasteiger partial charge in [-0.15, -0.1) is 11.3 Å². The topological polar surface area (TPSA) is 28.2 Å². The van der Waals surface area contributed by atoms with Gasteiger partial charge in [0.05, 0.1) is 0 Å². The van der Waals surface area contributed by atoms with Crippen LogP contribution in [0.1, 0.15) is 42.4 Å².